The molecule has 2 atom stereocenters. The van der Waals surface area contributed by atoms with Gasteiger partial charge in [0.25, 0.3) is 0 Å². The van der Waals surface area contributed by atoms with Crippen LogP contribution in [0, 0.1) is 0 Å². The van der Waals surface area contributed by atoms with Crippen LogP contribution in [0.3, 0.4) is 0 Å². The third-order valence-corrected chi connectivity index (χ3v) is 4.46. The number of carbonyl (C=O) groups is 1. The molecule has 0 unspecified atom stereocenters. The van der Waals surface area contributed by atoms with Gasteiger partial charge in [-0.3, -0.25) is 4.79 Å². The van der Waals surface area contributed by atoms with E-state index in [-0.39, 0.29) is 29.8 Å². The van der Waals surface area contributed by atoms with Crippen LogP contribution in [0.2, 0.25) is 0 Å². The van der Waals surface area contributed by atoms with Crippen LogP contribution in [-0.2, 0) is 23.8 Å². The van der Waals surface area contributed by atoms with Crippen molar-refractivity contribution in [2.75, 3.05) is 20.1 Å². The maximum atomic E-state index is 12.5. The Morgan fingerprint density at radius 3 is 2.68 bits per heavy atom. The maximum Gasteiger partial charge on any atom is 0.228 e. The Bertz CT molecular complexity index is 743. The van der Waals surface area contributed by atoms with Crippen LogP contribution in [0.15, 0.2) is 12.5 Å². The van der Waals surface area contributed by atoms with Crippen molar-refractivity contribution in [3.05, 3.63) is 24.0 Å². The Labute approximate surface area is 147 Å². The highest BCUT2D eigenvalue weighted by atomic mass is 16.1. The van der Waals surface area contributed by atoms with Crippen LogP contribution >= 0.6 is 0 Å². The molecule has 25 heavy (non-hydrogen) atoms. The van der Waals surface area contributed by atoms with Gasteiger partial charge in [0.15, 0.2) is 5.82 Å². The summed E-state index contributed by atoms with van der Waals surface area (Å²) in [7, 11) is 4.04. The Morgan fingerprint density at radius 1 is 1.32 bits per heavy atom. The minimum absolute atomic E-state index is 0.0468. The molecule has 1 amide bonds. The molecule has 1 N–H and O–H groups in total. The number of nitrogens with zero attached hydrogens (tertiary/aromatic N) is 7. The fourth-order valence-corrected chi connectivity index (χ4v) is 3.17. The lowest BCUT2D eigenvalue weighted by Crippen LogP contribution is -2.41. The molecule has 3 heterocycles. The van der Waals surface area contributed by atoms with Gasteiger partial charge in [0.1, 0.15) is 0 Å². The van der Waals surface area contributed by atoms with Gasteiger partial charge < -0.3 is 14.8 Å². The second kappa shape index (κ2) is 6.55. The molecular formula is C16H26N8O. The quantitative estimate of drug-likeness (QED) is 0.832. The summed E-state index contributed by atoms with van der Waals surface area (Å²) >= 11 is 0. The summed E-state index contributed by atoms with van der Waals surface area (Å²) < 4.78 is 2.01. The molecular weight excluding hydrogens is 320 g/mol. The number of hydrogen-bond donors (Lipinski definition) is 1. The van der Waals surface area contributed by atoms with Gasteiger partial charge in [0, 0.05) is 37.9 Å². The minimum atomic E-state index is -0.249. The molecule has 2 aromatic rings. The van der Waals surface area contributed by atoms with E-state index in [9.17, 15) is 4.79 Å². The highest BCUT2D eigenvalue weighted by Crippen LogP contribution is 2.26. The van der Waals surface area contributed by atoms with Crippen molar-refractivity contribution in [3.63, 3.8) is 0 Å². The highest BCUT2D eigenvalue weighted by Gasteiger charge is 2.34. The van der Waals surface area contributed by atoms with Gasteiger partial charge in [-0.1, -0.05) is 0 Å². The lowest BCUT2D eigenvalue weighted by molar-refractivity contribution is -0.121. The van der Waals surface area contributed by atoms with E-state index in [0.717, 1.165) is 18.8 Å². The van der Waals surface area contributed by atoms with E-state index < -0.39 is 0 Å². The van der Waals surface area contributed by atoms with Crippen LogP contribution in [-0.4, -0.2) is 66.7 Å². The average Bonchev–Trinajstić information content (AvgIpc) is 3.19. The third kappa shape index (κ3) is 3.87. The number of hydrogen-bond acceptors (Lipinski definition) is 6. The lowest BCUT2D eigenvalue weighted by Gasteiger charge is -2.20. The van der Waals surface area contributed by atoms with Crippen molar-refractivity contribution in [2.24, 2.45) is 7.05 Å². The first kappa shape index (κ1) is 17.5. The van der Waals surface area contributed by atoms with Crippen LogP contribution < -0.4 is 5.32 Å². The number of tetrazole rings is 1. The fraction of sp³-hybridized carbons (Fsp3) is 0.688. The van der Waals surface area contributed by atoms with Gasteiger partial charge in [-0.2, -0.15) is 4.80 Å². The first-order valence-corrected chi connectivity index (χ1v) is 8.47. The topological polar surface area (TPSA) is 93.8 Å². The van der Waals surface area contributed by atoms with Crippen molar-refractivity contribution in [3.8, 4) is 0 Å². The molecule has 2 aromatic heterocycles. The molecule has 1 aliphatic rings. The smallest absolute Gasteiger partial charge is 0.228 e. The van der Waals surface area contributed by atoms with E-state index >= 15 is 0 Å². The number of rotatable bonds is 4. The molecule has 1 saturated heterocycles. The second-order valence-corrected chi connectivity index (χ2v) is 7.77. The van der Waals surface area contributed by atoms with E-state index in [1.807, 2.05) is 38.6 Å². The van der Waals surface area contributed by atoms with E-state index in [1.165, 1.54) is 4.80 Å². The van der Waals surface area contributed by atoms with Gasteiger partial charge >= 0.3 is 0 Å². The van der Waals surface area contributed by atoms with Crippen molar-refractivity contribution in [2.45, 2.75) is 44.7 Å². The standard InChI is InChI=1S/C16H26N8O/c1-16(2,3)24-20-14(19-21-24)6-15(25)18-12-9-22(4)8-11(12)13-7-17-10-23(13)5/h7,10-12H,6,8-9H2,1-5H3,(H,18,25)/t11-,12-/m1/s1. The molecule has 1 fully saturated rings. The first-order chi connectivity index (χ1) is 11.7. The molecule has 0 bridgehead atoms. The van der Waals surface area contributed by atoms with Crippen LogP contribution in [0.4, 0.5) is 0 Å². The average molecular weight is 346 g/mol. The van der Waals surface area contributed by atoms with Crippen molar-refractivity contribution in [1.82, 2.24) is 40.0 Å². The minimum Gasteiger partial charge on any atom is -0.351 e. The largest absolute Gasteiger partial charge is 0.351 e. The number of aromatic nitrogens is 6. The Balaban J connectivity index is 1.65. The lowest BCUT2D eigenvalue weighted by atomic mass is 10.00. The van der Waals surface area contributed by atoms with Gasteiger partial charge in [-0.15, -0.1) is 10.2 Å². The SMILES string of the molecule is CN1C[C@@H](NC(=O)Cc2nnn(C(C)(C)C)n2)[C@H](c2cncn2C)C1. The van der Waals surface area contributed by atoms with Gasteiger partial charge in [0.05, 0.1) is 24.3 Å². The van der Waals surface area contributed by atoms with Crippen molar-refractivity contribution >= 4 is 5.91 Å². The van der Waals surface area contributed by atoms with Crippen molar-refractivity contribution < 1.29 is 4.79 Å². The molecule has 136 valence electrons. The maximum absolute atomic E-state index is 12.5. The fourth-order valence-electron chi connectivity index (χ4n) is 3.17. The van der Waals surface area contributed by atoms with E-state index in [0.29, 0.717) is 5.82 Å². The number of nitrogens with one attached hydrogen (secondary N) is 1. The molecule has 3 rings (SSSR count). The summed E-state index contributed by atoms with van der Waals surface area (Å²) in [4.78, 5) is 20.4. The Kier molecular flexibility index (Phi) is 4.59. The molecule has 0 aromatic carbocycles. The molecule has 9 nitrogen and oxygen atoms in total. The van der Waals surface area contributed by atoms with E-state index in [4.69, 9.17) is 0 Å². The number of likely N-dealkylation sites (N-methyl/N-ethyl adjacent to an activating group) is 1. The van der Waals surface area contributed by atoms with E-state index in [1.54, 1.807) is 6.33 Å². The number of aryl methyl sites for hydroxylation is 1. The third-order valence-electron chi connectivity index (χ3n) is 4.46. The highest BCUT2D eigenvalue weighted by molar-refractivity contribution is 5.78. The molecule has 0 spiro atoms. The monoisotopic (exact) mass is 346 g/mol. The molecule has 9 heteroatoms. The van der Waals surface area contributed by atoms with Crippen LogP contribution in [0.5, 0.6) is 0 Å². The summed E-state index contributed by atoms with van der Waals surface area (Å²) in [6.45, 7) is 7.68. The van der Waals surface area contributed by atoms with Crippen LogP contribution in [0.1, 0.15) is 38.2 Å². The van der Waals surface area contributed by atoms with Gasteiger partial charge in [0.2, 0.25) is 5.91 Å². The van der Waals surface area contributed by atoms with Crippen LogP contribution in [0.25, 0.3) is 0 Å². The van der Waals surface area contributed by atoms with Gasteiger partial charge in [-0.25, -0.2) is 4.98 Å². The number of likely N-dealkylation sites (tertiary alicyclic amines) is 1. The molecule has 0 aliphatic carbocycles. The summed E-state index contributed by atoms with van der Waals surface area (Å²) in [6.07, 6.45) is 3.80. The van der Waals surface area contributed by atoms with E-state index in [2.05, 4.69) is 37.7 Å². The first-order valence-electron chi connectivity index (χ1n) is 8.47. The zero-order valence-corrected chi connectivity index (χ0v) is 15.5. The molecule has 0 radical (unpaired) electrons. The predicted molar refractivity (Wildman–Crippen MR) is 91.9 cm³/mol. The predicted octanol–water partition coefficient (Wildman–Crippen LogP) is -0.0819. The number of imidazole rings is 1. The molecule has 0 saturated carbocycles. The normalized spacial score (nSPS) is 21.6. The number of amides is 1. The Morgan fingerprint density at radius 2 is 2.08 bits per heavy atom. The van der Waals surface area contributed by atoms with Gasteiger partial charge in [-0.05, 0) is 33.0 Å². The zero-order chi connectivity index (χ0) is 18.2. The summed E-state index contributed by atoms with van der Waals surface area (Å²) in [5.41, 5.74) is 0.881. The van der Waals surface area contributed by atoms with Crippen molar-refractivity contribution in [1.29, 1.82) is 0 Å². The summed E-state index contributed by atoms with van der Waals surface area (Å²) in [5, 5.41) is 15.5. The Hall–Kier alpha value is -2.29. The summed E-state index contributed by atoms with van der Waals surface area (Å²) in [5.74, 6) is 0.580. The second-order valence-electron chi connectivity index (χ2n) is 7.77. The number of carbonyl (C=O) groups excluding carboxylic acids is 1. The summed E-state index contributed by atoms with van der Waals surface area (Å²) in [6, 6.07) is 0.0468. The molecule has 1 aliphatic heterocycles. The zero-order valence-electron chi connectivity index (χ0n) is 15.5.